The molecule has 0 aliphatic rings. The third-order valence-corrected chi connectivity index (χ3v) is 3.50. The molecule has 2 N–H and O–H groups in total. The van der Waals surface area contributed by atoms with Crippen molar-refractivity contribution in [3.8, 4) is 17.7 Å². The quantitative estimate of drug-likeness (QED) is 0.676. The Hall–Kier alpha value is -3.40. The van der Waals surface area contributed by atoms with E-state index in [1.54, 1.807) is 36.6 Å². The van der Waals surface area contributed by atoms with Crippen LogP contribution in [-0.4, -0.2) is 27.5 Å². The number of carbonyl (C=O) groups excluding carboxylic acids is 1. The highest BCUT2D eigenvalue weighted by Crippen LogP contribution is 2.18. The number of hydrogen-bond donors (Lipinski definition) is 2. The van der Waals surface area contributed by atoms with Crippen LogP contribution in [0.15, 0.2) is 41.0 Å². The number of aromatic amines is 1. The number of ketones is 1. The molecule has 1 aromatic carbocycles. The second kappa shape index (κ2) is 6.79. The summed E-state index contributed by atoms with van der Waals surface area (Å²) >= 11 is 0. The molecule has 0 fully saturated rings. The second-order valence-corrected chi connectivity index (χ2v) is 5.19. The molecule has 7 nitrogen and oxygen atoms in total. The number of nitrogens with one attached hydrogen (secondary N) is 2. The van der Waals surface area contributed by atoms with Gasteiger partial charge in [0.05, 0.1) is 17.5 Å². The lowest BCUT2D eigenvalue weighted by Crippen LogP contribution is -2.08. The number of carbonyl (C=O) groups is 1. The van der Waals surface area contributed by atoms with Crippen LogP contribution in [0.5, 0.6) is 0 Å². The molecule has 3 rings (SSSR count). The van der Waals surface area contributed by atoms with Gasteiger partial charge in [-0.05, 0) is 37.3 Å². The zero-order valence-electron chi connectivity index (χ0n) is 13.0. The number of furan rings is 1. The number of H-pyrrole nitrogens is 1. The number of aromatic nitrogens is 3. The van der Waals surface area contributed by atoms with Crippen molar-refractivity contribution in [2.75, 3.05) is 11.9 Å². The SMILES string of the molecule is CC(=O)c1ccc(C#N)c(NCCc2nc(-c3ccco3)n[nH]2)c1. The molecule has 0 saturated heterocycles. The van der Waals surface area contributed by atoms with Crippen molar-refractivity contribution >= 4 is 11.5 Å². The molecule has 2 heterocycles. The standard InChI is InChI=1S/C17H15N5O2/c1-11(23)12-4-5-13(10-18)14(9-12)19-7-6-16-20-17(22-21-16)15-3-2-8-24-15/h2-5,8-9,19H,6-7H2,1H3,(H,20,21,22). The minimum Gasteiger partial charge on any atom is -0.461 e. The Balaban J connectivity index is 1.65. The second-order valence-electron chi connectivity index (χ2n) is 5.19. The van der Waals surface area contributed by atoms with Gasteiger partial charge >= 0.3 is 0 Å². The normalized spacial score (nSPS) is 10.3. The van der Waals surface area contributed by atoms with E-state index in [4.69, 9.17) is 9.68 Å². The van der Waals surface area contributed by atoms with E-state index in [9.17, 15) is 4.79 Å². The summed E-state index contributed by atoms with van der Waals surface area (Å²) in [4.78, 5) is 15.8. The van der Waals surface area contributed by atoms with Gasteiger partial charge in [-0.1, -0.05) is 0 Å². The topological polar surface area (TPSA) is 108 Å². The van der Waals surface area contributed by atoms with Gasteiger partial charge in [-0.25, -0.2) is 4.98 Å². The molecule has 120 valence electrons. The number of rotatable bonds is 6. The number of anilines is 1. The number of nitriles is 1. The number of nitrogens with zero attached hydrogens (tertiary/aromatic N) is 3. The molecule has 0 unspecified atom stereocenters. The van der Waals surface area contributed by atoms with Gasteiger partial charge in [0.25, 0.3) is 0 Å². The Bertz CT molecular complexity index is 890. The summed E-state index contributed by atoms with van der Waals surface area (Å²) in [5.74, 6) is 1.77. The molecule has 3 aromatic rings. The average Bonchev–Trinajstić information content (AvgIpc) is 3.26. The molecule has 0 radical (unpaired) electrons. The van der Waals surface area contributed by atoms with E-state index in [2.05, 4.69) is 26.6 Å². The molecule has 2 aromatic heterocycles. The van der Waals surface area contributed by atoms with E-state index in [0.717, 1.165) is 0 Å². The summed E-state index contributed by atoms with van der Waals surface area (Å²) < 4.78 is 5.24. The zero-order valence-corrected chi connectivity index (χ0v) is 13.0. The maximum Gasteiger partial charge on any atom is 0.216 e. The van der Waals surface area contributed by atoms with Crippen molar-refractivity contribution < 1.29 is 9.21 Å². The molecule has 0 bridgehead atoms. The fourth-order valence-electron chi connectivity index (χ4n) is 2.25. The maximum atomic E-state index is 11.5. The van der Waals surface area contributed by atoms with Gasteiger partial charge in [-0.2, -0.15) is 10.4 Å². The van der Waals surface area contributed by atoms with Crippen LogP contribution in [-0.2, 0) is 6.42 Å². The van der Waals surface area contributed by atoms with Crippen molar-refractivity contribution in [3.63, 3.8) is 0 Å². The summed E-state index contributed by atoms with van der Waals surface area (Å²) in [5, 5.41) is 19.3. The minimum atomic E-state index is -0.0409. The van der Waals surface area contributed by atoms with E-state index in [-0.39, 0.29) is 5.78 Å². The first-order chi connectivity index (χ1) is 11.7. The van der Waals surface area contributed by atoms with Crippen molar-refractivity contribution in [2.24, 2.45) is 0 Å². The van der Waals surface area contributed by atoms with Gasteiger partial charge in [-0.15, -0.1) is 0 Å². The van der Waals surface area contributed by atoms with Crippen molar-refractivity contribution in [3.05, 3.63) is 53.5 Å². The van der Waals surface area contributed by atoms with Gasteiger partial charge in [0.2, 0.25) is 5.82 Å². The van der Waals surface area contributed by atoms with E-state index in [0.29, 0.717) is 47.2 Å². The van der Waals surface area contributed by atoms with Gasteiger partial charge in [0, 0.05) is 18.5 Å². The summed E-state index contributed by atoms with van der Waals surface area (Å²) in [7, 11) is 0. The van der Waals surface area contributed by atoms with Crippen LogP contribution in [0, 0.1) is 11.3 Å². The first-order valence-corrected chi connectivity index (χ1v) is 7.41. The Morgan fingerprint density at radius 3 is 3.00 bits per heavy atom. The molecular formula is C17H15N5O2. The van der Waals surface area contributed by atoms with Gasteiger partial charge in [0.15, 0.2) is 11.5 Å². The van der Waals surface area contributed by atoms with Crippen LogP contribution in [0.3, 0.4) is 0 Å². The summed E-state index contributed by atoms with van der Waals surface area (Å²) in [6, 6.07) is 10.7. The number of hydrogen-bond acceptors (Lipinski definition) is 6. The van der Waals surface area contributed by atoms with Crippen LogP contribution in [0.4, 0.5) is 5.69 Å². The van der Waals surface area contributed by atoms with Gasteiger partial charge < -0.3 is 9.73 Å². The highest BCUT2D eigenvalue weighted by Gasteiger charge is 2.09. The van der Waals surface area contributed by atoms with E-state index in [1.807, 2.05) is 0 Å². The minimum absolute atomic E-state index is 0.0409. The molecule has 0 aliphatic carbocycles. The van der Waals surface area contributed by atoms with Crippen molar-refractivity contribution in [1.82, 2.24) is 15.2 Å². The Kier molecular flexibility index (Phi) is 4.38. The lowest BCUT2D eigenvalue weighted by Gasteiger charge is -2.08. The van der Waals surface area contributed by atoms with Gasteiger partial charge in [0.1, 0.15) is 11.9 Å². The third-order valence-electron chi connectivity index (χ3n) is 3.50. The monoisotopic (exact) mass is 321 g/mol. The van der Waals surface area contributed by atoms with Crippen LogP contribution in [0.25, 0.3) is 11.6 Å². The van der Waals surface area contributed by atoms with E-state index >= 15 is 0 Å². The predicted molar refractivity (Wildman–Crippen MR) is 87.4 cm³/mol. The van der Waals surface area contributed by atoms with Crippen LogP contribution >= 0.6 is 0 Å². The Morgan fingerprint density at radius 2 is 2.29 bits per heavy atom. The molecule has 0 amide bonds. The predicted octanol–water partition coefficient (Wildman–Crippen LogP) is 2.79. The molecule has 24 heavy (non-hydrogen) atoms. The summed E-state index contributed by atoms with van der Waals surface area (Å²) in [6.07, 6.45) is 2.15. The first-order valence-electron chi connectivity index (χ1n) is 7.41. The van der Waals surface area contributed by atoms with Crippen LogP contribution < -0.4 is 5.32 Å². The third kappa shape index (κ3) is 3.33. The average molecular weight is 321 g/mol. The highest BCUT2D eigenvalue weighted by molar-refractivity contribution is 5.95. The largest absolute Gasteiger partial charge is 0.461 e. The molecule has 0 atom stereocenters. The Morgan fingerprint density at radius 1 is 1.42 bits per heavy atom. The molecule has 0 spiro atoms. The van der Waals surface area contributed by atoms with E-state index in [1.165, 1.54) is 6.92 Å². The smallest absolute Gasteiger partial charge is 0.216 e. The maximum absolute atomic E-state index is 11.5. The van der Waals surface area contributed by atoms with Crippen LogP contribution in [0.2, 0.25) is 0 Å². The Labute approximate surface area is 138 Å². The summed E-state index contributed by atoms with van der Waals surface area (Å²) in [6.45, 7) is 2.04. The van der Waals surface area contributed by atoms with Crippen molar-refractivity contribution in [2.45, 2.75) is 13.3 Å². The zero-order chi connectivity index (χ0) is 16.9. The fraction of sp³-hybridized carbons (Fsp3) is 0.176. The first kappa shape index (κ1) is 15.5. The lowest BCUT2D eigenvalue weighted by atomic mass is 10.1. The molecule has 7 heteroatoms. The fourth-order valence-corrected chi connectivity index (χ4v) is 2.25. The molecule has 0 saturated carbocycles. The highest BCUT2D eigenvalue weighted by atomic mass is 16.3. The van der Waals surface area contributed by atoms with Gasteiger partial charge in [-0.3, -0.25) is 9.89 Å². The van der Waals surface area contributed by atoms with Crippen molar-refractivity contribution in [1.29, 1.82) is 5.26 Å². The summed E-state index contributed by atoms with van der Waals surface area (Å²) in [5.41, 5.74) is 1.70. The molecular weight excluding hydrogens is 306 g/mol. The number of benzene rings is 1. The lowest BCUT2D eigenvalue weighted by molar-refractivity contribution is 0.101. The van der Waals surface area contributed by atoms with E-state index < -0.39 is 0 Å². The number of Topliss-reactive ketones (excluding diaryl/α,β-unsaturated/α-hetero) is 1. The molecule has 0 aliphatic heterocycles. The van der Waals surface area contributed by atoms with Crippen LogP contribution in [0.1, 0.15) is 28.7 Å².